The molecular weight excluding hydrogens is 294 g/mol. The molecule has 4 unspecified atom stereocenters. The van der Waals surface area contributed by atoms with Gasteiger partial charge in [0.1, 0.15) is 5.75 Å². The van der Waals surface area contributed by atoms with Crippen molar-refractivity contribution in [1.82, 2.24) is 4.90 Å². The summed E-state index contributed by atoms with van der Waals surface area (Å²) in [7, 11) is 0. The number of fused-ring (bicyclic) bond motifs is 1. The Morgan fingerprint density at radius 2 is 2.00 bits per heavy atom. The van der Waals surface area contributed by atoms with E-state index >= 15 is 0 Å². The normalized spacial score (nSPS) is 44.2. The molecule has 0 bridgehead atoms. The third-order valence-corrected chi connectivity index (χ3v) is 8.31. The van der Waals surface area contributed by atoms with Crippen molar-refractivity contribution in [3.8, 4) is 5.75 Å². The first-order chi connectivity index (χ1) is 11.4. The zero-order chi connectivity index (χ0) is 16.7. The van der Waals surface area contributed by atoms with Gasteiger partial charge in [-0.25, -0.2) is 0 Å². The van der Waals surface area contributed by atoms with Crippen LogP contribution in [0, 0.1) is 23.2 Å². The second kappa shape index (κ2) is 4.78. The number of phenols is 1. The summed E-state index contributed by atoms with van der Waals surface area (Å²) >= 11 is 0. The van der Waals surface area contributed by atoms with E-state index in [4.69, 9.17) is 0 Å². The maximum absolute atomic E-state index is 10.2. The Morgan fingerprint density at radius 1 is 1.21 bits per heavy atom. The van der Waals surface area contributed by atoms with Gasteiger partial charge in [-0.2, -0.15) is 0 Å². The zero-order valence-corrected chi connectivity index (χ0v) is 15.4. The first-order valence-corrected chi connectivity index (χ1v) is 10.0. The molecule has 4 aliphatic rings. The van der Waals surface area contributed by atoms with Crippen LogP contribution in [0.25, 0.3) is 0 Å². The lowest BCUT2D eigenvalue weighted by Gasteiger charge is -2.58. The van der Waals surface area contributed by atoms with Crippen molar-refractivity contribution in [3.05, 3.63) is 29.3 Å². The molecule has 3 fully saturated rings. The molecule has 24 heavy (non-hydrogen) atoms. The highest BCUT2D eigenvalue weighted by molar-refractivity contribution is 5.49. The minimum atomic E-state index is 0.292. The molecule has 1 saturated heterocycles. The fourth-order valence-electron chi connectivity index (χ4n) is 7.10. The molecule has 1 aliphatic heterocycles. The van der Waals surface area contributed by atoms with E-state index in [9.17, 15) is 5.11 Å². The Kier molecular flexibility index (Phi) is 3.04. The van der Waals surface area contributed by atoms with E-state index < -0.39 is 0 Å². The number of aromatic hydroxyl groups is 1. The van der Waals surface area contributed by atoms with Crippen molar-refractivity contribution in [2.45, 2.75) is 64.3 Å². The van der Waals surface area contributed by atoms with Gasteiger partial charge in [-0.05, 0) is 85.5 Å². The first kappa shape index (κ1) is 15.3. The van der Waals surface area contributed by atoms with Crippen LogP contribution in [-0.2, 0) is 11.8 Å². The van der Waals surface area contributed by atoms with Crippen LogP contribution in [0.3, 0.4) is 0 Å². The molecule has 2 nitrogen and oxygen atoms in total. The van der Waals surface area contributed by atoms with Crippen LogP contribution < -0.4 is 0 Å². The topological polar surface area (TPSA) is 23.5 Å². The summed E-state index contributed by atoms with van der Waals surface area (Å²) in [6, 6.07) is 6.87. The fourth-order valence-corrected chi connectivity index (χ4v) is 7.10. The van der Waals surface area contributed by atoms with Gasteiger partial charge in [0.05, 0.1) is 0 Å². The molecule has 0 amide bonds. The summed E-state index contributed by atoms with van der Waals surface area (Å²) in [4.78, 5) is 2.84. The van der Waals surface area contributed by atoms with Gasteiger partial charge in [0, 0.05) is 24.5 Å². The Morgan fingerprint density at radius 3 is 2.75 bits per heavy atom. The summed E-state index contributed by atoms with van der Waals surface area (Å²) in [6.45, 7) is 10.1. The Bertz CT molecular complexity index is 681. The molecule has 1 aromatic rings. The van der Waals surface area contributed by atoms with Crippen molar-refractivity contribution >= 4 is 0 Å². The molecule has 3 aliphatic carbocycles. The maximum atomic E-state index is 10.2. The van der Waals surface area contributed by atoms with Crippen LogP contribution in [0.1, 0.15) is 57.6 Å². The summed E-state index contributed by atoms with van der Waals surface area (Å²) in [5.74, 6) is 2.95. The molecule has 0 radical (unpaired) electrons. The van der Waals surface area contributed by atoms with Crippen LogP contribution in [0.4, 0.5) is 0 Å². The lowest BCUT2D eigenvalue weighted by Crippen LogP contribution is -2.62. The molecule has 1 spiro atoms. The second-order valence-electron chi connectivity index (χ2n) is 9.72. The largest absolute Gasteiger partial charge is 0.508 e. The highest BCUT2D eigenvalue weighted by Crippen LogP contribution is 2.68. The number of hydrogen-bond donors (Lipinski definition) is 1. The number of benzene rings is 1. The second-order valence-corrected chi connectivity index (χ2v) is 9.72. The standard InChI is InChI=1S/C22H31NO/c1-14-10-21(3)15(2)23(12-16-4-5-16)13-18-8-17-6-7-19(24)9-20(17)22(18,21)11-14/h6-7,9,14-16,18,24H,4-5,8,10-13H2,1-3H3/t14-,15?,18?,21?,22?/m0/s1. The van der Waals surface area contributed by atoms with E-state index in [-0.39, 0.29) is 0 Å². The van der Waals surface area contributed by atoms with Crippen LogP contribution in [0.15, 0.2) is 18.2 Å². The van der Waals surface area contributed by atoms with Crippen molar-refractivity contribution in [3.63, 3.8) is 0 Å². The highest BCUT2D eigenvalue weighted by Gasteiger charge is 2.66. The molecule has 1 aromatic carbocycles. The molecule has 5 rings (SSSR count). The molecule has 130 valence electrons. The van der Waals surface area contributed by atoms with E-state index in [1.54, 1.807) is 0 Å². The average Bonchev–Trinajstić information content (AvgIpc) is 3.22. The van der Waals surface area contributed by atoms with Crippen LogP contribution in [0.5, 0.6) is 5.75 Å². The van der Waals surface area contributed by atoms with E-state index in [0.29, 0.717) is 22.6 Å². The molecule has 5 atom stereocenters. The quantitative estimate of drug-likeness (QED) is 0.873. The van der Waals surface area contributed by atoms with Gasteiger partial charge in [0.2, 0.25) is 0 Å². The maximum Gasteiger partial charge on any atom is 0.115 e. The number of nitrogens with zero attached hydrogens (tertiary/aromatic N) is 1. The average molecular weight is 325 g/mol. The Labute approximate surface area is 146 Å². The Hall–Kier alpha value is -1.02. The molecular formula is C22H31NO. The smallest absolute Gasteiger partial charge is 0.115 e. The summed E-state index contributed by atoms with van der Waals surface area (Å²) < 4.78 is 0. The highest BCUT2D eigenvalue weighted by atomic mass is 16.3. The van der Waals surface area contributed by atoms with Gasteiger partial charge < -0.3 is 5.11 Å². The van der Waals surface area contributed by atoms with Crippen molar-refractivity contribution < 1.29 is 5.11 Å². The summed E-state index contributed by atoms with van der Waals surface area (Å²) in [5, 5.41) is 10.2. The predicted molar refractivity (Wildman–Crippen MR) is 97.2 cm³/mol. The van der Waals surface area contributed by atoms with Crippen LogP contribution in [-0.4, -0.2) is 29.1 Å². The van der Waals surface area contributed by atoms with Gasteiger partial charge in [-0.1, -0.05) is 19.9 Å². The lowest BCUT2D eigenvalue weighted by atomic mass is 9.54. The first-order valence-electron chi connectivity index (χ1n) is 10.0. The zero-order valence-electron chi connectivity index (χ0n) is 15.4. The van der Waals surface area contributed by atoms with Gasteiger partial charge in [-0.15, -0.1) is 0 Å². The molecule has 1 N–H and O–H groups in total. The van der Waals surface area contributed by atoms with Crippen molar-refractivity contribution in [2.75, 3.05) is 13.1 Å². The predicted octanol–water partition coefficient (Wildman–Crippen LogP) is 4.35. The molecule has 2 saturated carbocycles. The van der Waals surface area contributed by atoms with Gasteiger partial charge in [0.25, 0.3) is 0 Å². The summed E-state index contributed by atoms with van der Waals surface area (Å²) in [5.41, 5.74) is 3.64. The third-order valence-electron chi connectivity index (χ3n) is 8.31. The minimum Gasteiger partial charge on any atom is -0.508 e. The molecule has 0 aromatic heterocycles. The number of phenolic OH excluding ortho intramolecular Hbond substituents is 1. The molecule has 2 heteroatoms. The van der Waals surface area contributed by atoms with Crippen LogP contribution in [0.2, 0.25) is 0 Å². The minimum absolute atomic E-state index is 0.292. The van der Waals surface area contributed by atoms with E-state index in [1.807, 2.05) is 6.07 Å². The SMILES string of the molecule is CC1N(CC2CC2)CC2Cc3ccc(O)cc3C23C[C@@H](C)CC13C. The number of hydrogen-bond acceptors (Lipinski definition) is 2. The third kappa shape index (κ3) is 1.81. The monoisotopic (exact) mass is 325 g/mol. The van der Waals surface area contributed by atoms with Crippen LogP contribution >= 0.6 is 0 Å². The number of piperidine rings is 1. The Balaban J connectivity index is 1.63. The lowest BCUT2D eigenvalue weighted by molar-refractivity contribution is -0.0538. The van der Waals surface area contributed by atoms with Crippen molar-refractivity contribution in [1.29, 1.82) is 0 Å². The van der Waals surface area contributed by atoms with Crippen molar-refractivity contribution in [2.24, 2.45) is 23.2 Å². The van der Waals surface area contributed by atoms with Gasteiger partial charge in [0.15, 0.2) is 0 Å². The summed E-state index contributed by atoms with van der Waals surface area (Å²) in [6.07, 6.45) is 6.75. The number of likely N-dealkylation sites (tertiary alicyclic amines) is 1. The fraction of sp³-hybridized carbons (Fsp3) is 0.727. The van der Waals surface area contributed by atoms with E-state index in [2.05, 4.69) is 37.8 Å². The van der Waals surface area contributed by atoms with E-state index in [0.717, 1.165) is 17.8 Å². The van der Waals surface area contributed by atoms with Gasteiger partial charge >= 0.3 is 0 Å². The number of rotatable bonds is 2. The van der Waals surface area contributed by atoms with E-state index in [1.165, 1.54) is 56.3 Å². The van der Waals surface area contributed by atoms with Gasteiger partial charge in [-0.3, -0.25) is 4.90 Å². The molecule has 1 heterocycles.